The van der Waals surface area contributed by atoms with Crippen molar-refractivity contribution in [1.82, 2.24) is 9.78 Å². The van der Waals surface area contributed by atoms with Gasteiger partial charge in [0.25, 0.3) is 0 Å². The van der Waals surface area contributed by atoms with Crippen LogP contribution < -0.4 is 10.6 Å². The van der Waals surface area contributed by atoms with E-state index >= 15 is 0 Å². The molecule has 0 aliphatic rings. The van der Waals surface area contributed by atoms with Gasteiger partial charge in [-0.15, -0.1) is 0 Å². The van der Waals surface area contributed by atoms with E-state index in [1.807, 2.05) is 25.1 Å². The summed E-state index contributed by atoms with van der Waals surface area (Å²) in [6.07, 6.45) is 1.71. The number of halogens is 1. The van der Waals surface area contributed by atoms with Crippen molar-refractivity contribution in [3.63, 3.8) is 0 Å². The highest BCUT2D eigenvalue weighted by Crippen LogP contribution is 2.17. The fraction of sp³-hybridized carbons (Fsp3) is 0.154. The van der Waals surface area contributed by atoms with Crippen LogP contribution in [0, 0.1) is 6.92 Å². The molecule has 0 bridgehead atoms. The summed E-state index contributed by atoms with van der Waals surface area (Å²) in [6, 6.07) is 6.01. The second-order valence-corrected chi connectivity index (χ2v) is 4.28. The molecule has 0 aliphatic carbocycles. The third kappa shape index (κ3) is 2.02. The lowest BCUT2D eigenvalue weighted by Gasteiger charge is -2.05. The molecule has 0 fully saturated rings. The maximum absolute atomic E-state index is 6.16. The molecule has 0 amide bonds. The molecule has 1 aromatic carbocycles. The lowest BCUT2D eigenvalue weighted by molar-refractivity contribution is 0.667. The van der Waals surface area contributed by atoms with Gasteiger partial charge in [-0.05, 0) is 24.1 Å². The number of aryl methyl sites for hydroxylation is 1. The molecule has 0 saturated carbocycles. The fourth-order valence-electron chi connectivity index (χ4n) is 1.53. The SMILES string of the molecule is C=c1cnn(Cc2ccc(C)cc2Cl)c1=C. The maximum Gasteiger partial charge on any atom is 0.0680 e. The van der Waals surface area contributed by atoms with Gasteiger partial charge in [-0.3, -0.25) is 4.68 Å². The van der Waals surface area contributed by atoms with Crippen LogP contribution in [-0.2, 0) is 6.54 Å². The van der Waals surface area contributed by atoms with Crippen molar-refractivity contribution in [3.05, 3.63) is 51.1 Å². The Hall–Kier alpha value is -1.54. The van der Waals surface area contributed by atoms with Gasteiger partial charge in [-0.2, -0.15) is 5.10 Å². The van der Waals surface area contributed by atoms with Crippen molar-refractivity contribution < 1.29 is 0 Å². The monoisotopic (exact) mass is 232 g/mol. The van der Waals surface area contributed by atoms with Crippen LogP contribution in [0.3, 0.4) is 0 Å². The van der Waals surface area contributed by atoms with Gasteiger partial charge in [0.15, 0.2) is 0 Å². The number of aromatic nitrogens is 2. The van der Waals surface area contributed by atoms with Crippen LogP contribution in [0.25, 0.3) is 13.2 Å². The van der Waals surface area contributed by atoms with Crippen molar-refractivity contribution in [1.29, 1.82) is 0 Å². The molecular weight excluding hydrogens is 220 g/mol. The van der Waals surface area contributed by atoms with Crippen LogP contribution in [0.4, 0.5) is 0 Å². The predicted octanol–water partition coefficient (Wildman–Crippen LogP) is 1.71. The van der Waals surface area contributed by atoms with Gasteiger partial charge in [0.1, 0.15) is 0 Å². The molecule has 82 valence electrons. The number of benzene rings is 1. The Kier molecular flexibility index (Phi) is 2.84. The van der Waals surface area contributed by atoms with Crippen molar-refractivity contribution in [2.24, 2.45) is 0 Å². The number of nitrogens with zero attached hydrogens (tertiary/aromatic N) is 2. The molecule has 0 spiro atoms. The maximum atomic E-state index is 6.16. The van der Waals surface area contributed by atoms with Crippen LogP contribution in [0.1, 0.15) is 11.1 Å². The second-order valence-electron chi connectivity index (χ2n) is 3.87. The summed E-state index contributed by atoms with van der Waals surface area (Å²) < 4.78 is 1.80. The van der Waals surface area contributed by atoms with Gasteiger partial charge in [0, 0.05) is 10.2 Å². The van der Waals surface area contributed by atoms with Crippen LogP contribution >= 0.6 is 11.6 Å². The molecule has 0 unspecified atom stereocenters. The summed E-state index contributed by atoms with van der Waals surface area (Å²) in [5.74, 6) is 0. The van der Waals surface area contributed by atoms with E-state index in [1.54, 1.807) is 10.9 Å². The molecular formula is C13H13ClN2. The zero-order chi connectivity index (χ0) is 11.7. The van der Waals surface area contributed by atoms with E-state index in [9.17, 15) is 0 Å². The lowest BCUT2D eigenvalue weighted by Crippen LogP contribution is -2.27. The van der Waals surface area contributed by atoms with E-state index in [4.69, 9.17) is 11.6 Å². The Labute approximate surface area is 99.5 Å². The molecule has 0 aliphatic heterocycles. The molecule has 0 radical (unpaired) electrons. The Morgan fingerprint density at radius 2 is 2.12 bits per heavy atom. The Morgan fingerprint density at radius 1 is 1.38 bits per heavy atom. The zero-order valence-electron chi connectivity index (χ0n) is 9.20. The second kappa shape index (κ2) is 4.14. The Morgan fingerprint density at radius 3 is 2.69 bits per heavy atom. The highest BCUT2D eigenvalue weighted by Gasteiger charge is 2.02. The standard InChI is InChI=1S/C13H13ClN2/c1-9-4-5-12(13(14)6-9)8-16-11(3)10(2)7-15-16/h4-7H,2-3,8H2,1H3. The molecule has 1 aromatic heterocycles. The first kappa shape index (κ1) is 11.0. The zero-order valence-corrected chi connectivity index (χ0v) is 9.96. The largest absolute Gasteiger partial charge is 0.261 e. The third-order valence-corrected chi connectivity index (χ3v) is 2.92. The molecule has 0 atom stereocenters. The predicted molar refractivity (Wildman–Crippen MR) is 67.8 cm³/mol. The average molecular weight is 233 g/mol. The smallest absolute Gasteiger partial charge is 0.0680 e. The summed E-state index contributed by atoms with van der Waals surface area (Å²) in [6.45, 7) is 10.4. The van der Waals surface area contributed by atoms with Crippen LogP contribution in [0.15, 0.2) is 24.4 Å². The summed E-state index contributed by atoms with van der Waals surface area (Å²) in [5.41, 5.74) is 2.20. The van der Waals surface area contributed by atoms with Crippen molar-refractivity contribution in [2.75, 3.05) is 0 Å². The van der Waals surface area contributed by atoms with Gasteiger partial charge in [-0.1, -0.05) is 36.9 Å². The highest BCUT2D eigenvalue weighted by atomic mass is 35.5. The molecule has 2 rings (SSSR count). The molecule has 0 saturated heterocycles. The summed E-state index contributed by atoms with van der Waals surface area (Å²) >= 11 is 6.16. The quantitative estimate of drug-likeness (QED) is 0.771. The third-order valence-electron chi connectivity index (χ3n) is 2.56. The van der Waals surface area contributed by atoms with Crippen LogP contribution in [0.2, 0.25) is 5.02 Å². The molecule has 0 N–H and O–H groups in total. The van der Waals surface area contributed by atoms with Crippen molar-refractivity contribution >= 4 is 24.8 Å². The number of hydrogen-bond acceptors (Lipinski definition) is 1. The number of hydrogen-bond donors (Lipinski definition) is 0. The van der Waals surface area contributed by atoms with Crippen molar-refractivity contribution in [3.8, 4) is 0 Å². The van der Waals surface area contributed by atoms with E-state index < -0.39 is 0 Å². The Balaban J connectivity index is 2.38. The van der Waals surface area contributed by atoms with Crippen molar-refractivity contribution in [2.45, 2.75) is 13.5 Å². The minimum Gasteiger partial charge on any atom is -0.261 e. The topological polar surface area (TPSA) is 17.8 Å². The molecule has 3 heteroatoms. The normalized spacial score (nSPS) is 10.6. The van der Waals surface area contributed by atoms with Crippen LogP contribution in [0.5, 0.6) is 0 Å². The van der Waals surface area contributed by atoms with Crippen LogP contribution in [-0.4, -0.2) is 9.78 Å². The van der Waals surface area contributed by atoms with Gasteiger partial charge >= 0.3 is 0 Å². The van der Waals surface area contributed by atoms with Gasteiger partial charge < -0.3 is 0 Å². The molecule has 2 nitrogen and oxygen atoms in total. The minimum absolute atomic E-state index is 0.632. The molecule has 2 aromatic rings. The van der Waals surface area contributed by atoms with Gasteiger partial charge in [-0.25, -0.2) is 0 Å². The minimum atomic E-state index is 0.632. The van der Waals surface area contributed by atoms with E-state index in [0.29, 0.717) is 6.54 Å². The van der Waals surface area contributed by atoms with E-state index in [1.165, 1.54) is 0 Å². The lowest BCUT2D eigenvalue weighted by atomic mass is 10.1. The summed E-state index contributed by atoms with van der Waals surface area (Å²) in [4.78, 5) is 0. The first-order chi connectivity index (χ1) is 7.58. The summed E-state index contributed by atoms with van der Waals surface area (Å²) in [5, 5.41) is 6.65. The summed E-state index contributed by atoms with van der Waals surface area (Å²) in [7, 11) is 0. The molecule has 16 heavy (non-hydrogen) atoms. The average Bonchev–Trinajstić information content (AvgIpc) is 2.54. The van der Waals surface area contributed by atoms with E-state index in [-0.39, 0.29) is 0 Å². The first-order valence-corrected chi connectivity index (χ1v) is 5.40. The Bertz CT molecular complexity index is 613. The first-order valence-electron chi connectivity index (χ1n) is 5.02. The fourth-order valence-corrected chi connectivity index (χ4v) is 1.82. The van der Waals surface area contributed by atoms with Gasteiger partial charge in [0.05, 0.1) is 18.1 Å². The van der Waals surface area contributed by atoms with E-state index in [0.717, 1.165) is 26.7 Å². The molecule has 1 heterocycles. The van der Waals surface area contributed by atoms with Gasteiger partial charge in [0.2, 0.25) is 0 Å². The highest BCUT2D eigenvalue weighted by molar-refractivity contribution is 6.31. The van der Waals surface area contributed by atoms with E-state index in [2.05, 4.69) is 18.3 Å². The number of rotatable bonds is 2.